The number of imidazole rings is 1. The number of carbonyl (C=O) groups is 1. The van der Waals surface area contributed by atoms with E-state index in [0.717, 1.165) is 28.7 Å². The van der Waals surface area contributed by atoms with Crippen LogP contribution in [-0.2, 0) is 18.6 Å². The van der Waals surface area contributed by atoms with Crippen LogP contribution in [0.15, 0.2) is 62.2 Å². The summed E-state index contributed by atoms with van der Waals surface area (Å²) in [6, 6.07) is 15.8. The predicted octanol–water partition coefficient (Wildman–Crippen LogP) is 4.12. The molecule has 0 radical (unpaired) electrons. The number of aryl methyl sites for hydroxylation is 1. The molecule has 0 unspecified atom stereocenters. The molecule has 1 aliphatic heterocycles. The first-order valence-electron chi connectivity index (χ1n) is 12.4. The minimum Gasteiger partial charge on any atom is -0.447 e. The Labute approximate surface area is 221 Å². The molecule has 39 heavy (non-hydrogen) atoms. The Morgan fingerprint density at radius 2 is 1.72 bits per heavy atom. The lowest BCUT2D eigenvalue weighted by molar-refractivity contribution is 0.0452. The number of hydrogen-bond acceptors (Lipinski definition) is 10. The first-order valence-corrected chi connectivity index (χ1v) is 12.4. The van der Waals surface area contributed by atoms with Gasteiger partial charge in [-0.1, -0.05) is 55.5 Å². The monoisotopic (exact) mass is 528 g/mol. The van der Waals surface area contributed by atoms with E-state index >= 15 is 0 Å². The normalized spacial score (nSPS) is 14.1. The van der Waals surface area contributed by atoms with E-state index in [1.165, 1.54) is 0 Å². The second-order valence-electron chi connectivity index (χ2n) is 9.57. The number of hydrogen-bond donors (Lipinski definition) is 1. The number of H-pyrrole nitrogens is 1. The van der Waals surface area contributed by atoms with Gasteiger partial charge in [0.2, 0.25) is 5.82 Å². The Hall–Kier alpha value is -5.00. The van der Waals surface area contributed by atoms with Crippen molar-refractivity contribution in [3.63, 3.8) is 0 Å². The lowest BCUT2D eigenvalue weighted by atomic mass is 9.98. The number of esters is 1. The van der Waals surface area contributed by atoms with Crippen LogP contribution in [0.25, 0.3) is 22.5 Å². The number of tetrazole rings is 1. The second-order valence-corrected chi connectivity index (χ2v) is 9.57. The van der Waals surface area contributed by atoms with E-state index in [0.29, 0.717) is 30.3 Å². The molecule has 0 amide bonds. The maximum atomic E-state index is 13.4. The molecule has 1 N–H and O–H groups in total. The molecule has 2 aromatic carbocycles. The highest BCUT2D eigenvalue weighted by Gasteiger charge is 2.41. The van der Waals surface area contributed by atoms with E-state index in [1.54, 1.807) is 13.8 Å². The summed E-state index contributed by atoms with van der Waals surface area (Å²) in [5.41, 5.74) is 3.24. The van der Waals surface area contributed by atoms with Gasteiger partial charge in [0.15, 0.2) is 11.3 Å². The summed E-state index contributed by atoms with van der Waals surface area (Å²) in [6.07, 6.45) is 1.44. The van der Waals surface area contributed by atoms with Gasteiger partial charge in [0, 0.05) is 18.5 Å². The van der Waals surface area contributed by atoms with Crippen molar-refractivity contribution in [2.45, 2.75) is 45.8 Å². The van der Waals surface area contributed by atoms with Crippen LogP contribution in [0.3, 0.4) is 0 Å². The van der Waals surface area contributed by atoms with Crippen molar-refractivity contribution in [3.05, 3.63) is 81.9 Å². The lowest BCUT2D eigenvalue weighted by Gasteiger charge is -2.25. The number of ether oxygens (including phenoxy) is 2. The first kappa shape index (κ1) is 24.3. The minimum atomic E-state index is -1.11. The van der Waals surface area contributed by atoms with Crippen molar-refractivity contribution in [1.29, 1.82) is 0 Å². The van der Waals surface area contributed by atoms with Crippen molar-refractivity contribution in [1.82, 2.24) is 30.2 Å². The van der Waals surface area contributed by atoms with Gasteiger partial charge in [0.25, 0.3) is 0 Å². The van der Waals surface area contributed by atoms with Crippen molar-refractivity contribution < 1.29 is 23.1 Å². The van der Waals surface area contributed by atoms with E-state index in [1.807, 2.05) is 60.0 Å². The van der Waals surface area contributed by atoms with E-state index in [-0.39, 0.29) is 11.6 Å². The lowest BCUT2D eigenvalue weighted by Crippen LogP contribution is -2.32. The Morgan fingerprint density at radius 1 is 0.974 bits per heavy atom. The maximum Gasteiger partial charge on any atom is 0.524 e. The number of nitrogens with one attached hydrogen (secondary N) is 1. The van der Waals surface area contributed by atoms with Gasteiger partial charge >= 0.3 is 23.7 Å². The molecular formula is C27H24N6O6. The summed E-state index contributed by atoms with van der Waals surface area (Å²) in [5.74, 6) is -1.24. The summed E-state index contributed by atoms with van der Waals surface area (Å²) < 4.78 is 22.9. The highest BCUT2D eigenvalue weighted by Crippen LogP contribution is 2.38. The standard InChI is InChI=1S/C27H24N6O6/c1-4-7-19-28-21-20(23(34)36-24-25(38-26(35)37-24)39-27(21,2)3)33(19)14-15-10-12-16(13-11-15)17-8-5-6-9-18(17)22-29-31-32-30-22/h5-6,8-13H,4,7,14H2,1-3H3,(H,29,30,31,32). The molecule has 0 spiro atoms. The molecule has 198 valence electrons. The van der Waals surface area contributed by atoms with Gasteiger partial charge in [-0.2, -0.15) is 5.21 Å². The number of fused-ring (bicyclic) bond motifs is 2. The van der Waals surface area contributed by atoms with Gasteiger partial charge in [-0.15, -0.1) is 10.2 Å². The fourth-order valence-electron chi connectivity index (χ4n) is 4.68. The largest absolute Gasteiger partial charge is 0.524 e. The van der Waals surface area contributed by atoms with Crippen LogP contribution in [-0.4, -0.2) is 36.1 Å². The molecule has 0 saturated heterocycles. The summed E-state index contributed by atoms with van der Waals surface area (Å²) >= 11 is 0. The van der Waals surface area contributed by atoms with Gasteiger partial charge in [-0.05, 0) is 42.2 Å². The predicted molar refractivity (Wildman–Crippen MR) is 136 cm³/mol. The Bertz CT molecular complexity index is 1710. The number of carbonyl (C=O) groups excluding carboxylic acids is 1. The van der Waals surface area contributed by atoms with E-state index in [9.17, 15) is 9.59 Å². The first-order chi connectivity index (χ1) is 18.8. The van der Waals surface area contributed by atoms with Crippen LogP contribution in [0.1, 0.15) is 54.8 Å². The molecule has 0 atom stereocenters. The number of nitrogens with zero attached hydrogens (tertiary/aromatic N) is 5. The summed E-state index contributed by atoms with van der Waals surface area (Å²) in [7, 11) is 0. The van der Waals surface area contributed by atoms with Gasteiger partial charge < -0.3 is 22.9 Å². The SMILES string of the molecule is CCCc1nc2c(n1Cc1ccc(-c3ccccc3-c3nn[nH]n3)cc1)C(=O)Oc1oc(=O)oc1OC2(C)C. The number of aromatic amines is 1. The average molecular weight is 529 g/mol. The molecule has 6 rings (SSSR count). The number of benzene rings is 2. The van der Waals surface area contributed by atoms with Crippen LogP contribution in [0.5, 0.6) is 11.9 Å². The van der Waals surface area contributed by atoms with Gasteiger partial charge in [0.1, 0.15) is 11.5 Å². The van der Waals surface area contributed by atoms with Crippen molar-refractivity contribution in [3.8, 4) is 34.4 Å². The Balaban J connectivity index is 1.38. The van der Waals surface area contributed by atoms with Crippen LogP contribution in [0, 0.1) is 0 Å². The molecule has 4 heterocycles. The molecule has 0 aliphatic carbocycles. The number of aromatic nitrogens is 6. The third-order valence-corrected chi connectivity index (χ3v) is 6.45. The fraction of sp³-hybridized carbons (Fsp3) is 0.259. The Morgan fingerprint density at radius 3 is 2.44 bits per heavy atom. The third-order valence-electron chi connectivity index (χ3n) is 6.45. The van der Waals surface area contributed by atoms with E-state index in [4.69, 9.17) is 23.3 Å². The average Bonchev–Trinajstić information content (AvgIpc) is 3.64. The summed E-state index contributed by atoms with van der Waals surface area (Å²) in [6.45, 7) is 5.88. The van der Waals surface area contributed by atoms with Crippen LogP contribution in [0.2, 0.25) is 0 Å². The van der Waals surface area contributed by atoms with Gasteiger partial charge in [-0.3, -0.25) is 0 Å². The van der Waals surface area contributed by atoms with Crippen LogP contribution in [0.4, 0.5) is 0 Å². The van der Waals surface area contributed by atoms with E-state index < -0.39 is 23.3 Å². The molecule has 3 aromatic heterocycles. The van der Waals surface area contributed by atoms with E-state index in [2.05, 4.69) is 20.6 Å². The van der Waals surface area contributed by atoms with Crippen LogP contribution < -0.4 is 15.3 Å². The molecule has 12 heteroatoms. The molecule has 12 nitrogen and oxygen atoms in total. The van der Waals surface area contributed by atoms with Crippen molar-refractivity contribution in [2.24, 2.45) is 0 Å². The molecule has 0 saturated carbocycles. The molecule has 0 bridgehead atoms. The van der Waals surface area contributed by atoms with Crippen molar-refractivity contribution in [2.75, 3.05) is 0 Å². The zero-order valence-electron chi connectivity index (χ0n) is 21.4. The molecule has 5 aromatic rings. The highest BCUT2D eigenvalue weighted by molar-refractivity contribution is 5.91. The third kappa shape index (κ3) is 4.39. The van der Waals surface area contributed by atoms with Crippen molar-refractivity contribution >= 4 is 5.97 Å². The zero-order chi connectivity index (χ0) is 27.1. The molecule has 0 fully saturated rings. The van der Waals surface area contributed by atoms with Gasteiger partial charge in [-0.25, -0.2) is 14.6 Å². The second kappa shape index (κ2) is 9.39. The minimum absolute atomic E-state index is 0.226. The zero-order valence-corrected chi connectivity index (χ0v) is 21.4. The smallest absolute Gasteiger partial charge is 0.447 e. The fourth-order valence-corrected chi connectivity index (χ4v) is 4.68. The topological polar surface area (TPSA) is 151 Å². The summed E-state index contributed by atoms with van der Waals surface area (Å²) in [4.78, 5) is 29.8. The molecular weight excluding hydrogens is 504 g/mol. The van der Waals surface area contributed by atoms with Gasteiger partial charge in [0.05, 0.1) is 0 Å². The highest BCUT2D eigenvalue weighted by atomic mass is 16.7. The molecule has 1 aliphatic rings. The maximum absolute atomic E-state index is 13.4. The Kier molecular flexibility index (Phi) is 5.86. The van der Waals surface area contributed by atoms with Crippen LogP contribution >= 0.6 is 0 Å². The summed E-state index contributed by atoms with van der Waals surface area (Å²) in [5, 5.41) is 14.4. The number of rotatable bonds is 6. The quantitative estimate of drug-likeness (QED) is 0.319.